The van der Waals surface area contributed by atoms with E-state index in [2.05, 4.69) is 0 Å². The van der Waals surface area contributed by atoms with Crippen LogP contribution in [0.5, 0.6) is 5.75 Å². The maximum absolute atomic E-state index is 13.2. The van der Waals surface area contributed by atoms with Crippen molar-refractivity contribution in [3.05, 3.63) is 29.8 Å². The Labute approximate surface area is 178 Å². The van der Waals surface area contributed by atoms with E-state index in [0.29, 0.717) is 6.42 Å². The van der Waals surface area contributed by atoms with Crippen LogP contribution in [0.4, 0.5) is 0 Å². The first-order valence-corrected chi connectivity index (χ1v) is 10.3. The van der Waals surface area contributed by atoms with E-state index in [0.717, 1.165) is 11.3 Å². The van der Waals surface area contributed by atoms with Gasteiger partial charge in [0.1, 0.15) is 5.75 Å². The molecule has 166 valence electrons. The average Bonchev–Trinajstić information content (AvgIpc) is 3.06. The van der Waals surface area contributed by atoms with E-state index in [1.165, 1.54) is 6.92 Å². The molecule has 0 spiro atoms. The summed E-state index contributed by atoms with van der Waals surface area (Å²) in [5, 5.41) is 0. The Morgan fingerprint density at radius 1 is 1.00 bits per heavy atom. The summed E-state index contributed by atoms with van der Waals surface area (Å²) in [6.45, 7) is 8.18. The van der Waals surface area contributed by atoms with Gasteiger partial charge in [0.15, 0.2) is 5.41 Å². The molecule has 1 saturated carbocycles. The predicted molar refractivity (Wildman–Crippen MR) is 110 cm³/mol. The third-order valence-corrected chi connectivity index (χ3v) is 5.32. The van der Waals surface area contributed by atoms with Gasteiger partial charge in [0.2, 0.25) is 0 Å². The van der Waals surface area contributed by atoms with Crippen LogP contribution >= 0.6 is 0 Å². The number of rotatable bonds is 8. The third kappa shape index (κ3) is 5.32. The van der Waals surface area contributed by atoms with E-state index in [9.17, 15) is 14.4 Å². The summed E-state index contributed by atoms with van der Waals surface area (Å²) >= 11 is 0. The number of methoxy groups -OCH3 is 1. The Balaban J connectivity index is 2.46. The van der Waals surface area contributed by atoms with Gasteiger partial charge in [-0.05, 0) is 64.2 Å². The fourth-order valence-electron chi connectivity index (χ4n) is 3.96. The average molecular weight is 421 g/mol. The highest BCUT2D eigenvalue weighted by atomic mass is 16.6. The summed E-state index contributed by atoms with van der Waals surface area (Å²) in [6.07, 6.45) is -0.0752. The molecule has 0 saturated heterocycles. The van der Waals surface area contributed by atoms with Crippen LogP contribution in [-0.4, -0.2) is 43.8 Å². The van der Waals surface area contributed by atoms with Crippen LogP contribution in [-0.2, 0) is 28.6 Å². The van der Waals surface area contributed by atoms with Crippen molar-refractivity contribution in [1.29, 1.82) is 0 Å². The Morgan fingerprint density at radius 2 is 1.53 bits per heavy atom. The number of hydrogen-bond donors (Lipinski definition) is 0. The second-order valence-electron chi connectivity index (χ2n) is 8.29. The smallest absolute Gasteiger partial charge is 0.324 e. The SMILES string of the molecule is COc1ccc(C2CC(COC(C)=O)C(C(=O)OC(C)C)(C(=O)OC(C)C)C2)cc1. The fourth-order valence-corrected chi connectivity index (χ4v) is 3.96. The van der Waals surface area contributed by atoms with Crippen molar-refractivity contribution >= 4 is 17.9 Å². The van der Waals surface area contributed by atoms with Crippen LogP contribution in [0.25, 0.3) is 0 Å². The fraction of sp³-hybridized carbons (Fsp3) is 0.609. The highest BCUT2D eigenvalue weighted by Gasteiger charge is 2.61. The summed E-state index contributed by atoms with van der Waals surface area (Å²) in [4.78, 5) is 38.0. The van der Waals surface area contributed by atoms with Gasteiger partial charge in [-0.2, -0.15) is 0 Å². The van der Waals surface area contributed by atoms with Gasteiger partial charge < -0.3 is 18.9 Å². The monoisotopic (exact) mass is 420 g/mol. The number of benzene rings is 1. The van der Waals surface area contributed by atoms with Gasteiger partial charge >= 0.3 is 17.9 Å². The van der Waals surface area contributed by atoms with Gasteiger partial charge in [-0.3, -0.25) is 14.4 Å². The quantitative estimate of drug-likeness (QED) is 0.360. The van der Waals surface area contributed by atoms with Crippen molar-refractivity contribution in [2.45, 2.75) is 65.6 Å². The number of ether oxygens (including phenoxy) is 4. The Bertz CT molecular complexity index is 729. The third-order valence-electron chi connectivity index (χ3n) is 5.32. The van der Waals surface area contributed by atoms with Crippen molar-refractivity contribution in [2.75, 3.05) is 13.7 Å². The minimum atomic E-state index is -1.53. The zero-order valence-electron chi connectivity index (χ0n) is 18.6. The Morgan fingerprint density at radius 3 is 1.97 bits per heavy atom. The molecule has 0 bridgehead atoms. The molecule has 0 amide bonds. The van der Waals surface area contributed by atoms with Gasteiger partial charge in [-0.25, -0.2) is 0 Å². The second kappa shape index (κ2) is 9.96. The van der Waals surface area contributed by atoms with E-state index in [1.807, 2.05) is 24.3 Å². The van der Waals surface area contributed by atoms with Gasteiger partial charge in [-0.1, -0.05) is 12.1 Å². The van der Waals surface area contributed by atoms with E-state index in [-0.39, 0.29) is 18.9 Å². The molecule has 0 radical (unpaired) electrons. The maximum atomic E-state index is 13.2. The van der Waals surface area contributed by atoms with Crippen molar-refractivity contribution in [3.8, 4) is 5.75 Å². The summed E-state index contributed by atoms with van der Waals surface area (Å²) in [5.74, 6) is -1.65. The van der Waals surface area contributed by atoms with E-state index in [1.54, 1.807) is 34.8 Å². The van der Waals surface area contributed by atoms with Crippen molar-refractivity contribution < 1.29 is 33.3 Å². The van der Waals surface area contributed by atoms with Gasteiger partial charge in [-0.15, -0.1) is 0 Å². The van der Waals surface area contributed by atoms with Crippen LogP contribution in [0.1, 0.15) is 58.9 Å². The van der Waals surface area contributed by atoms with Crippen molar-refractivity contribution in [1.82, 2.24) is 0 Å². The Hall–Kier alpha value is -2.57. The molecule has 0 N–H and O–H groups in total. The number of hydrogen-bond acceptors (Lipinski definition) is 7. The largest absolute Gasteiger partial charge is 0.497 e. The molecule has 0 heterocycles. The molecule has 2 rings (SSSR count). The molecular formula is C23H32O7. The minimum absolute atomic E-state index is 0.0532. The van der Waals surface area contributed by atoms with Gasteiger partial charge in [0, 0.05) is 12.8 Å². The molecule has 2 atom stereocenters. The molecule has 30 heavy (non-hydrogen) atoms. The van der Waals surface area contributed by atoms with Crippen molar-refractivity contribution in [2.24, 2.45) is 11.3 Å². The number of esters is 3. The molecule has 1 fully saturated rings. The second-order valence-corrected chi connectivity index (χ2v) is 8.29. The molecule has 1 aromatic rings. The summed E-state index contributed by atoms with van der Waals surface area (Å²) < 4.78 is 21.5. The summed E-state index contributed by atoms with van der Waals surface area (Å²) in [7, 11) is 1.59. The molecule has 0 aliphatic heterocycles. The zero-order valence-corrected chi connectivity index (χ0v) is 18.6. The molecule has 1 aromatic carbocycles. The van der Waals surface area contributed by atoms with Crippen LogP contribution in [0.3, 0.4) is 0 Å². The first-order valence-electron chi connectivity index (χ1n) is 10.3. The topological polar surface area (TPSA) is 88.1 Å². The standard InChI is InChI=1S/C23H32O7/c1-14(2)29-21(25)23(22(26)30-15(3)4)12-18(11-19(23)13-28-16(5)24)17-7-9-20(27-6)10-8-17/h7-10,14-15,18-19H,11-13H2,1-6H3. The molecular weight excluding hydrogens is 388 g/mol. The number of carbonyl (C=O) groups is 3. The lowest BCUT2D eigenvalue weighted by Gasteiger charge is -2.32. The van der Waals surface area contributed by atoms with Crippen LogP contribution in [0.2, 0.25) is 0 Å². The normalized spacial score (nSPS) is 20.1. The molecule has 7 heteroatoms. The lowest BCUT2D eigenvalue weighted by molar-refractivity contribution is -0.183. The molecule has 2 unspecified atom stereocenters. The summed E-state index contributed by atoms with van der Waals surface area (Å²) in [6, 6.07) is 7.53. The lowest BCUT2D eigenvalue weighted by atomic mass is 9.77. The first kappa shape index (κ1) is 23.7. The minimum Gasteiger partial charge on any atom is -0.497 e. The van der Waals surface area contributed by atoms with Gasteiger partial charge in [0.05, 0.1) is 25.9 Å². The zero-order chi connectivity index (χ0) is 22.5. The van der Waals surface area contributed by atoms with Gasteiger partial charge in [0.25, 0.3) is 0 Å². The highest BCUT2D eigenvalue weighted by Crippen LogP contribution is 2.53. The predicted octanol–water partition coefficient (Wildman–Crippen LogP) is 3.64. The van der Waals surface area contributed by atoms with E-state index < -0.39 is 41.4 Å². The maximum Gasteiger partial charge on any atom is 0.324 e. The molecule has 0 aromatic heterocycles. The van der Waals surface area contributed by atoms with Crippen molar-refractivity contribution in [3.63, 3.8) is 0 Å². The molecule has 1 aliphatic rings. The van der Waals surface area contributed by atoms with E-state index >= 15 is 0 Å². The lowest BCUT2D eigenvalue weighted by Crippen LogP contribution is -2.47. The van der Waals surface area contributed by atoms with Crippen LogP contribution in [0.15, 0.2) is 24.3 Å². The summed E-state index contributed by atoms with van der Waals surface area (Å²) in [5.41, 5.74) is -0.561. The molecule has 1 aliphatic carbocycles. The van der Waals surface area contributed by atoms with Crippen LogP contribution in [0, 0.1) is 11.3 Å². The Kier molecular flexibility index (Phi) is 7.87. The molecule has 7 nitrogen and oxygen atoms in total. The van der Waals surface area contributed by atoms with Crippen LogP contribution < -0.4 is 4.74 Å². The number of carbonyl (C=O) groups excluding carboxylic acids is 3. The highest BCUT2D eigenvalue weighted by molar-refractivity contribution is 6.01. The van der Waals surface area contributed by atoms with E-state index in [4.69, 9.17) is 18.9 Å². The first-order chi connectivity index (χ1) is 14.1.